The van der Waals surface area contributed by atoms with Crippen molar-refractivity contribution in [2.45, 2.75) is 32.5 Å². The Morgan fingerprint density at radius 3 is 2.54 bits per heavy atom. The molecule has 2 heterocycles. The minimum Gasteiger partial charge on any atom is -0.348 e. The highest BCUT2D eigenvalue weighted by Gasteiger charge is 2.34. The summed E-state index contributed by atoms with van der Waals surface area (Å²) >= 11 is 0. The summed E-state index contributed by atoms with van der Waals surface area (Å²) in [5, 5.41) is 1.85. The Bertz CT molecular complexity index is 1390. The Balaban J connectivity index is 1.47. The fourth-order valence-electron chi connectivity index (χ4n) is 4.97. The smallest absolute Gasteiger partial charge is 0.255 e. The van der Waals surface area contributed by atoms with Gasteiger partial charge in [-0.25, -0.2) is 4.39 Å². The molecule has 178 valence electrons. The van der Waals surface area contributed by atoms with Crippen molar-refractivity contribution in [2.75, 3.05) is 13.1 Å². The minimum absolute atomic E-state index is 0.0494. The molecule has 6 heteroatoms. The van der Waals surface area contributed by atoms with Gasteiger partial charge in [0.25, 0.3) is 5.91 Å². The third kappa shape index (κ3) is 4.32. The fraction of sp³-hybridized carbons (Fsp3) is 0.241. The van der Waals surface area contributed by atoms with Gasteiger partial charge in [-0.3, -0.25) is 9.59 Å². The molecule has 0 saturated heterocycles. The minimum atomic E-state index is -0.413. The molecule has 1 aliphatic rings. The molecule has 35 heavy (non-hydrogen) atoms. The molecule has 0 fully saturated rings. The first-order chi connectivity index (χ1) is 16.9. The van der Waals surface area contributed by atoms with Crippen LogP contribution in [0.4, 0.5) is 4.39 Å². The van der Waals surface area contributed by atoms with E-state index in [1.54, 1.807) is 15.9 Å². The lowest BCUT2D eigenvalue weighted by atomic mass is 9.99. The van der Waals surface area contributed by atoms with Crippen LogP contribution in [0.3, 0.4) is 0 Å². The Morgan fingerprint density at radius 1 is 0.971 bits per heavy atom. The first-order valence-electron chi connectivity index (χ1n) is 11.9. The van der Waals surface area contributed by atoms with Crippen LogP contribution in [0.25, 0.3) is 10.8 Å². The first kappa shape index (κ1) is 22.8. The molecular formula is C29H28FN3O2. The number of aromatic nitrogens is 1. The molecule has 1 aromatic heterocycles. The van der Waals surface area contributed by atoms with Gasteiger partial charge < -0.3 is 14.4 Å². The van der Waals surface area contributed by atoms with Gasteiger partial charge in [-0.15, -0.1) is 0 Å². The van der Waals surface area contributed by atoms with Crippen LogP contribution >= 0.6 is 0 Å². The highest BCUT2D eigenvalue weighted by molar-refractivity contribution is 6.07. The summed E-state index contributed by atoms with van der Waals surface area (Å²) in [6.45, 7) is 4.92. The van der Waals surface area contributed by atoms with Crippen molar-refractivity contribution in [3.63, 3.8) is 0 Å². The largest absolute Gasteiger partial charge is 0.348 e. The lowest BCUT2D eigenvalue weighted by Gasteiger charge is -2.39. The van der Waals surface area contributed by atoms with Crippen LogP contribution in [-0.2, 0) is 11.3 Å². The molecule has 3 aromatic carbocycles. The van der Waals surface area contributed by atoms with E-state index in [2.05, 4.69) is 4.57 Å². The normalized spacial score (nSPS) is 15.3. The van der Waals surface area contributed by atoms with E-state index < -0.39 is 6.04 Å². The molecule has 4 aromatic rings. The lowest BCUT2D eigenvalue weighted by molar-refractivity contribution is -0.135. The molecule has 2 amide bonds. The number of carbonyl (C=O) groups is 2. The summed E-state index contributed by atoms with van der Waals surface area (Å²) < 4.78 is 16.2. The molecule has 0 aliphatic carbocycles. The maximum Gasteiger partial charge on any atom is 0.255 e. The molecule has 0 saturated carbocycles. The van der Waals surface area contributed by atoms with E-state index in [-0.39, 0.29) is 30.2 Å². The summed E-state index contributed by atoms with van der Waals surface area (Å²) in [4.78, 5) is 30.8. The van der Waals surface area contributed by atoms with Crippen LogP contribution in [0.15, 0.2) is 85.1 Å². The summed E-state index contributed by atoms with van der Waals surface area (Å²) in [7, 11) is 0. The highest BCUT2D eigenvalue weighted by atomic mass is 19.1. The molecule has 5 nitrogen and oxygen atoms in total. The summed E-state index contributed by atoms with van der Waals surface area (Å²) in [5.74, 6) is -0.671. The van der Waals surface area contributed by atoms with Crippen LogP contribution in [0.2, 0.25) is 0 Å². The summed E-state index contributed by atoms with van der Waals surface area (Å²) in [6.07, 6.45) is 1.98. The zero-order valence-corrected chi connectivity index (χ0v) is 19.9. The average Bonchev–Trinajstić information content (AvgIpc) is 3.34. The van der Waals surface area contributed by atoms with Crippen LogP contribution in [0.5, 0.6) is 0 Å². The van der Waals surface area contributed by atoms with Crippen molar-refractivity contribution in [3.05, 3.63) is 108 Å². The lowest BCUT2D eigenvalue weighted by Crippen LogP contribution is -2.49. The number of carbonyl (C=O) groups excluding carboxylic acids is 2. The van der Waals surface area contributed by atoms with Crippen LogP contribution in [0, 0.1) is 5.82 Å². The van der Waals surface area contributed by atoms with E-state index in [1.165, 1.54) is 12.1 Å². The third-order valence-electron chi connectivity index (χ3n) is 6.73. The molecule has 1 atom stereocenters. The number of fused-ring (bicyclic) bond motifs is 2. The maximum atomic E-state index is 14.1. The summed E-state index contributed by atoms with van der Waals surface area (Å²) in [5.41, 5.74) is 2.24. The second-order valence-electron chi connectivity index (χ2n) is 9.22. The molecule has 0 spiro atoms. The number of nitrogens with zero attached hydrogens (tertiary/aromatic N) is 3. The second kappa shape index (κ2) is 9.37. The standard InChI is InChI=1S/C29H28FN3O2/c1-20(2)33(29(35)25-13-6-9-21-8-3-4-12-24(21)25)19-27(34)32-17-16-31-15-7-14-26(31)28(32)22-10-5-11-23(30)18-22/h3-15,18,20,28H,16-17,19H2,1-2H3. The average molecular weight is 470 g/mol. The monoisotopic (exact) mass is 469 g/mol. The van der Waals surface area contributed by atoms with Crippen molar-refractivity contribution in [3.8, 4) is 0 Å². The molecule has 0 radical (unpaired) electrons. The van der Waals surface area contributed by atoms with Crippen molar-refractivity contribution >= 4 is 22.6 Å². The van der Waals surface area contributed by atoms with Crippen molar-refractivity contribution in [2.24, 2.45) is 0 Å². The first-order valence-corrected chi connectivity index (χ1v) is 11.9. The number of hydrogen-bond donors (Lipinski definition) is 0. The van der Waals surface area contributed by atoms with Crippen LogP contribution in [0.1, 0.15) is 41.5 Å². The Labute approximate surface area is 204 Å². The molecule has 0 bridgehead atoms. The summed E-state index contributed by atoms with van der Waals surface area (Å²) in [6, 6.07) is 23.1. The van der Waals surface area contributed by atoms with Gasteiger partial charge in [-0.05, 0) is 60.5 Å². The number of halogens is 1. The predicted octanol–water partition coefficient (Wildman–Crippen LogP) is 5.26. The second-order valence-corrected chi connectivity index (χ2v) is 9.22. The number of benzene rings is 3. The van der Waals surface area contributed by atoms with Gasteiger partial charge in [0.05, 0.1) is 6.04 Å². The molecular weight excluding hydrogens is 441 g/mol. The zero-order chi connectivity index (χ0) is 24.5. The van der Waals surface area contributed by atoms with Crippen molar-refractivity contribution in [1.29, 1.82) is 0 Å². The van der Waals surface area contributed by atoms with E-state index in [0.29, 0.717) is 18.7 Å². The van der Waals surface area contributed by atoms with Crippen molar-refractivity contribution < 1.29 is 14.0 Å². The van der Waals surface area contributed by atoms with Gasteiger partial charge in [0.1, 0.15) is 12.4 Å². The van der Waals surface area contributed by atoms with Gasteiger partial charge in [-0.1, -0.05) is 48.5 Å². The quantitative estimate of drug-likeness (QED) is 0.400. The zero-order valence-electron chi connectivity index (χ0n) is 19.9. The number of rotatable bonds is 5. The molecule has 5 rings (SSSR count). The van der Waals surface area contributed by atoms with Crippen LogP contribution < -0.4 is 0 Å². The molecule has 1 unspecified atom stereocenters. The van der Waals surface area contributed by atoms with E-state index in [0.717, 1.165) is 22.0 Å². The third-order valence-corrected chi connectivity index (χ3v) is 6.73. The van der Waals surface area contributed by atoms with Crippen molar-refractivity contribution in [1.82, 2.24) is 14.4 Å². The fourth-order valence-corrected chi connectivity index (χ4v) is 4.97. The number of amides is 2. The number of hydrogen-bond acceptors (Lipinski definition) is 2. The SMILES string of the molecule is CC(C)N(CC(=O)N1CCn2cccc2C1c1cccc(F)c1)C(=O)c1cccc2ccccc12. The van der Waals surface area contributed by atoms with Gasteiger partial charge in [0, 0.05) is 36.6 Å². The van der Waals surface area contributed by atoms with E-state index in [1.807, 2.05) is 80.7 Å². The maximum absolute atomic E-state index is 14.1. The van der Waals surface area contributed by atoms with E-state index in [4.69, 9.17) is 0 Å². The Hall–Kier alpha value is -3.93. The molecule has 0 N–H and O–H groups in total. The van der Waals surface area contributed by atoms with E-state index >= 15 is 0 Å². The Kier molecular flexibility index (Phi) is 6.12. The molecule has 1 aliphatic heterocycles. The Morgan fingerprint density at radius 2 is 1.74 bits per heavy atom. The van der Waals surface area contributed by atoms with Gasteiger partial charge in [0.15, 0.2) is 0 Å². The predicted molar refractivity (Wildman–Crippen MR) is 135 cm³/mol. The van der Waals surface area contributed by atoms with Crippen LogP contribution in [-0.4, -0.2) is 45.3 Å². The van der Waals surface area contributed by atoms with Gasteiger partial charge in [-0.2, -0.15) is 0 Å². The highest BCUT2D eigenvalue weighted by Crippen LogP contribution is 2.33. The van der Waals surface area contributed by atoms with Gasteiger partial charge >= 0.3 is 0 Å². The van der Waals surface area contributed by atoms with Gasteiger partial charge in [0.2, 0.25) is 5.91 Å². The van der Waals surface area contributed by atoms with E-state index in [9.17, 15) is 14.0 Å². The topological polar surface area (TPSA) is 45.6 Å².